The van der Waals surface area contributed by atoms with Gasteiger partial charge in [-0.1, -0.05) is 42.1 Å². The van der Waals surface area contributed by atoms with E-state index in [-0.39, 0.29) is 11.2 Å². The molecule has 0 saturated carbocycles. The Labute approximate surface area is 168 Å². The molecule has 1 aromatic heterocycles. The molecule has 1 N–H and O–H groups in total. The molecule has 0 aliphatic carbocycles. The lowest BCUT2D eigenvalue weighted by Crippen LogP contribution is -2.22. The Hall–Kier alpha value is -3.30. The van der Waals surface area contributed by atoms with Gasteiger partial charge in [0.1, 0.15) is 18.4 Å². The summed E-state index contributed by atoms with van der Waals surface area (Å²) in [5.41, 5.74) is 2.30. The van der Waals surface area contributed by atoms with E-state index in [4.69, 9.17) is 10.00 Å². The fourth-order valence-corrected chi connectivity index (χ4v) is 3.16. The molecule has 1 atom stereocenters. The third-order valence-electron chi connectivity index (χ3n) is 3.90. The van der Waals surface area contributed by atoms with Gasteiger partial charge >= 0.3 is 0 Å². The van der Waals surface area contributed by atoms with Crippen molar-refractivity contribution in [2.45, 2.75) is 23.8 Å². The highest BCUT2D eigenvalue weighted by Crippen LogP contribution is 2.23. The normalized spacial score (nSPS) is 11.3. The monoisotopic (exact) mass is 389 g/mol. The minimum atomic E-state index is -0.325. The van der Waals surface area contributed by atoms with Crippen LogP contribution in [0.5, 0.6) is 5.75 Å². The third kappa shape index (κ3) is 5.60. The van der Waals surface area contributed by atoms with Crippen molar-refractivity contribution >= 4 is 23.4 Å². The van der Waals surface area contributed by atoms with Crippen molar-refractivity contribution in [1.82, 2.24) is 4.98 Å². The van der Waals surface area contributed by atoms with E-state index in [2.05, 4.69) is 10.3 Å². The number of aromatic nitrogens is 1. The van der Waals surface area contributed by atoms with E-state index in [0.29, 0.717) is 22.9 Å². The largest absolute Gasteiger partial charge is 0.489 e. The van der Waals surface area contributed by atoms with E-state index < -0.39 is 0 Å². The lowest BCUT2D eigenvalue weighted by Gasteiger charge is -2.12. The lowest BCUT2D eigenvalue weighted by atomic mass is 10.2. The van der Waals surface area contributed by atoms with E-state index in [9.17, 15) is 4.79 Å². The Morgan fingerprint density at radius 2 is 1.89 bits per heavy atom. The number of rotatable bonds is 7. The van der Waals surface area contributed by atoms with Crippen LogP contribution in [-0.2, 0) is 11.4 Å². The van der Waals surface area contributed by atoms with Crippen LogP contribution in [0.15, 0.2) is 78.0 Å². The van der Waals surface area contributed by atoms with Crippen LogP contribution in [0.2, 0.25) is 0 Å². The molecule has 5 nitrogen and oxygen atoms in total. The summed E-state index contributed by atoms with van der Waals surface area (Å²) in [4.78, 5) is 16.6. The molecule has 1 amide bonds. The number of amides is 1. The second kappa shape index (κ2) is 9.58. The van der Waals surface area contributed by atoms with Crippen LogP contribution in [0.3, 0.4) is 0 Å². The molecule has 6 heteroatoms. The highest BCUT2D eigenvalue weighted by molar-refractivity contribution is 8.00. The third-order valence-corrected chi connectivity index (χ3v) is 4.95. The predicted octanol–water partition coefficient (Wildman–Crippen LogP) is 4.65. The van der Waals surface area contributed by atoms with Crippen LogP contribution >= 0.6 is 11.8 Å². The Bertz CT molecular complexity index is 952. The summed E-state index contributed by atoms with van der Waals surface area (Å²) >= 11 is 1.34. The number of nitrogens with one attached hydrogen (secondary N) is 1. The lowest BCUT2D eigenvalue weighted by molar-refractivity contribution is -0.115. The standard InChI is InChI=1S/C22H19N3O2S/c1-16(28-21-12-7-18(13-23)14-24-21)22(26)25-19-8-10-20(11-9-19)27-15-17-5-3-2-4-6-17/h2-12,14,16H,15H2,1H3,(H,25,26). The van der Waals surface area contributed by atoms with Crippen LogP contribution in [0.4, 0.5) is 5.69 Å². The maximum Gasteiger partial charge on any atom is 0.237 e. The molecule has 0 saturated heterocycles. The van der Waals surface area contributed by atoms with E-state index >= 15 is 0 Å². The van der Waals surface area contributed by atoms with E-state index in [0.717, 1.165) is 11.3 Å². The quantitative estimate of drug-likeness (QED) is 0.595. The summed E-state index contributed by atoms with van der Waals surface area (Å²) < 4.78 is 5.75. The summed E-state index contributed by atoms with van der Waals surface area (Å²) in [6.07, 6.45) is 1.50. The first kappa shape index (κ1) is 19.5. The maximum absolute atomic E-state index is 12.4. The molecule has 3 aromatic rings. The molecule has 0 aliphatic heterocycles. The molecular formula is C22H19N3O2S. The summed E-state index contributed by atoms with van der Waals surface area (Å²) in [5, 5.41) is 12.1. The van der Waals surface area contributed by atoms with Gasteiger partial charge in [0.15, 0.2) is 0 Å². The van der Waals surface area contributed by atoms with Crippen LogP contribution in [0, 0.1) is 11.3 Å². The predicted molar refractivity (Wildman–Crippen MR) is 110 cm³/mol. The SMILES string of the molecule is CC(Sc1ccc(C#N)cn1)C(=O)Nc1ccc(OCc2ccccc2)cc1. The second-order valence-electron chi connectivity index (χ2n) is 6.04. The number of hydrogen-bond acceptors (Lipinski definition) is 5. The van der Waals surface area contributed by atoms with Gasteiger partial charge in [-0.15, -0.1) is 0 Å². The number of hydrogen-bond donors (Lipinski definition) is 1. The number of carbonyl (C=O) groups is 1. The molecule has 1 heterocycles. The van der Waals surface area contributed by atoms with Gasteiger partial charge in [0.05, 0.1) is 15.8 Å². The molecule has 3 rings (SSSR count). The van der Waals surface area contributed by atoms with Crippen molar-refractivity contribution < 1.29 is 9.53 Å². The minimum absolute atomic E-state index is 0.117. The first-order valence-corrected chi connectivity index (χ1v) is 9.62. The summed E-state index contributed by atoms with van der Waals surface area (Å²) in [6.45, 7) is 2.31. The zero-order chi connectivity index (χ0) is 19.8. The zero-order valence-electron chi connectivity index (χ0n) is 15.3. The van der Waals surface area contributed by atoms with Gasteiger partial charge in [0.2, 0.25) is 5.91 Å². The number of pyridine rings is 1. The van der Waals surface area contributed by atoms with Crippen molar-refractivity contribution in [2.75, 3.05) is 5.32 Å². The number of anilines is 1. The molecule has 2 aromatic carbocycles. The van der Waals surface area contributed by atoms with E-state index in [1.54, 1.807) is 12.1 Å². The minimum Gasteiger partial charge on any atom is -0.489 e. The molecule has 28 heavy (non-hydrogen) atoms. The molecule has 140 valence electrons. The summed E-state index contributed by atoms with van der Waals surface area (Å²) in [6, 6.07) is 22.7. The van der Waals surface area contributed by atoms with Crippen molar-refractivity contribution in [3.8, 4) is 11.8 Å². The molecule has 0 spiro atoms. The van der Waals surface area contributed by atoms with Crippen molar-refractivity contribution in [3.63, 3.8) is 0 Å². The first-order valence-electron chi connectivity index (χ1n) is 8.74. The zero-order valence-corrected chi connectivity index (χ0v) is 16.1. The average molecular weight is 389 g/mol. The number of benzene rings is 2. The van der Waals surface area contributed by atoms with Gasteiger partial charge in [-0.2, -0.15) is 5.26 Å². The summed E-state index contributed by atoms with van der Waals surface area (Å²) in [7, 11) is 0. The van der Waals surface area contributed by atoms with Crippen LogP contribution in [-0.4, -0.2) is 16.1 Å². The number of thioether (sulfide) groups is 1. The fraction of sp³-hybridized carbons (Fsp3) is 0.136. The Balaban J connectivity index is 1.51. The maximum atomic E-state index is 12.4. The second-order valence-corrected chi connectivity index (χ2v) is 7.41. The smallest absolute Gasteiger partial charge is 0.237 e. The number of nitrogens with zero attached hydrogens (tertiary/aromatic N) is 2. The molecular weight excluding hydrogens is 370 g/mol. The number of carbonyl (C=O) groups excluding carboxylic acids is 1. The highest BCUT2D eigenvalue weighted by Gasteiger charge is 2.15. The molecule has 1 unspecified atom stereocenters. The van der Waals surface area contributed by atoms with Crippen LogP contribution in [0.25, 0.3) is 0 Å². The number of ether oxygens (including phenoxy) is 1. The van der Waals surface area contributed by atoms with Crippen LogP contribution < -0.4 is 10.1 Å². The Morgan fingerprint density at radius 1 is 1.14 bits per heavy atom. The Morgan fingerprint density at radius 3 is 2.54 bits per heavy atom. The van der Waals surface area contributed by atoms with Gasteiger partial charge in [0.25, 0.3) is 0 Å². The van der Waals surface area contributed by atoms with Gasteiger partial charge in [-0.3, -0.25) is 4.79 Å². The van der Waals surface area contributed by atoms with Gasteiger partial charge in [0, 0.05) is 11.9 Å². The fourth-order valence-electron chi connectivity index (χ4n) is 2.37. The molecule has 0 radical (unpaired) electrons. The van der Waals surface area contributed by atoms with Crippen LogP contribution in [0.1, 0.15) is 18.1 Å². The van der Waals surface area contributed by atoms with Gasteiger partial charge in [-0.25, -0.2) is 4.98 Å². The highest BCUT2D eigenvalue weighted by atomic mass is 32.2. The Kier molecular flexibility index (Phi) is 6.66. The first-order chi connectivity index (χ1) is 13.6. The van der Waals surface area contributed by atoms with Crippen molar-refractivity contribution in [2.24, 2.45) is 0 Å². The topological polar surface area (TPSA) is 75.0 Å². The van der Waals surface area contributed by atoms with Crippen molar-refractivity contribution in [3.05, 3.63) is 84.1 Å². The summed E-state index contributed by atoms with van der Waals surface area (Å²) in [5.74, 6) is 0.625. The van der Waals surface area contributed by atoms with E-state index in [1.165, 1.54) is 18.0 Å². The van der Waals surface area contributed by atoms with E-state index in [1.807, 2.05) is 67.6 Å². The van der Waals surface area contributed by atoms with Crippen molar-refractivity contribution in [1.29, 1.82) is 5.26 Å². The molecule has 0 fully saturated rings. The van der Waals surface area contributed by atoms with Gasteiger partial charge in [-0.05, 0) is 48.9 Å². The number of nitriles is 1. The van der Waals surface area contributed by atoms with Gasteiger partial charge < -0.3 is 10.1 Å². The molecule has 0 bridgehead atoms. The average Bonchev–Trinajstić information content (AvgIpc) is 2.74. The molecule has 0 aliphatic rings.